The van der Waals surface area contributed by atoms with Crippen LogP contribution in [0.3, 0.4) is 0 Å². The number of rotatable bonds is 7. The fourth-order valence-corrected chi connectivity index (χ4v) is 4.01. The van der Waals surface area contributed by atoms with Gasteiger partial charge in [-0.2, -0.15) is 0 Å². The molecule has 1 heterocycles. The Morgan fingerprint density at radius 1 is 0.865 bits per heavy atom. The van der Waals surface area contributed by atoms with E-state index < -0.39 is 35.9 Å². The summed E-state index contributed by atoms with van der Waals surface area (Å²) >= 11 is 0. The second-order valence-electron chi connectivity index (χ2n) is 9.77. The molecule has 2 N–H and O–H groups in total. The zero-order valence-electron chi connectivity index (χ0n) is 21.0. The van der Waals surface area contributed by atoms with Crippen molar-refractivity contribution in [2.75, 3.05) is 6.54 Å². The number of benzene rings is 3. The predicted octanol–water partition coefficient (Wildman–Crippen LogP) is 4.54. The Kier molecular flexibility index (Phi) is 7.59. The van der Waals surface area contributed by atoms with Crippen LogP contribution < -0.4 is 10.5 Å². The third-order valence-corrected chi connectivity index (χ3v) is 5.75. The quantitative estimate of drug-likeness (QED) is 0.287. The van der Waals surface area contributed by atoms with Crippen molar-refractivity contribution < 1.29 is 28.6 Å². The van der Waals surface area contributed by atoms with Crippen molar-refractivity contribution in [3.05, 3.63) is 102 Å². The molecule has 192 valence electrons. The lowest BCUT2D eigenvalue weighted by Gasteiger charge is -2.41. The van der Waals surface area contributed by atoms with Gasteiger partial charge in [0.15, 0.2) is 12.1 Å². The first-order chi connectivity index (χ1) is 17.6. The SMILES string of the molecule is CC(C)(C)OC(=O)Oc1ccc([C@H](C(=O)OC(c2ccccc2)c2ccccc2)N2C[C@H](N)C2=O)cc1. The minimum Gasteiger partial charge on any atom is -0.451 e. The molecule has 0 unspecified atom stereocenters. The van der Waals surface area contributed by atoms with Crippen molar-refractivity contribution in [2.24, 2.45) is 5.73 Å². The highest BCUT2D eigenvalue weighted by Gasteiger charge is 2.43. The summed E-state index contributed by atoms with van der Waals surface area (Å²) in [5, 5.41) is 0. The van der Waals surface area contributed by atoms with E-state index in [9.17, 15) is 14.4 Å². The molecule has 3 aromatic rings. The number of ether oxygens (including phenoxy) is 3. The van der Waals surface area contributed by atoms with Gasteiger partial charge in [-0.3, -0.25) is 4.79 Å². The molecule has 2 atom stereocenters. The van der Waals surface area contributed by atoms with E-state index in [1.54, 1.807) is 32.9 Å². The number of amides is 1. The lowest BCUT2D eigenvalue weighted by Crippen LogP contribution is -2.63. The van der Waals surface area contributed by atoms with Crippen molar-refractivity contribution >= 4 is 18.0 Å². The van der Waals surface area contributed by atoms with Crippen molar-refractivity contribution in [1.29, 1.82) is 0 Å². The number of nitrogens with zero attached hydrogens (tertiary/aromatic N) is 1. The summed E-state index contributed by atoms with van der Waals surface area (Å²) in [6.45, 7) is 5.43. The molecule has 0 radical (unpaired) electrons. The normalized spacial score (nSPS) is 16.1. The van der Waals surface area contributed by atoms with Crippen LogP contribution in [0.4, 0.5) is 4.79 Å². The molecule has 4 rings (SSSR count). The molecule has 0 spiro atoms. The Labute approximate surface area is 215 Å². The molecule has 8 nitrogen and oxygen atoms in total. The zero-order chi connectivity index (χ0) is 26.6. The molecule has 0 saturated carbocycles. The summed E-state index contributed by atoms with van der Waals surface area (Å²) < 4.78 is 16.5. The van der Waals surface area contributed by atoms with Gasteiger partial charge in [0.25, 0.3) is 0 Å². The standard InChI is InChI=1S/C29H30N2O6/c1-29(2,3)37-28(34)35-22-16-14-19(15-17-22)24(31-18-23(30)26(31)32)27(33)36-25(20-10-6-4-7-11-20)21-12-8-5-9-13-21/h4-17,23-25H,18,30H2,1-3H3/t23-,24+/m0/s1. The topological polar surface area (TPSA) is 108 Å². The molecule has 1 aliphatic rings. The number of hydrogen-bond donors (Lipinski definition) is 1. The maximum Gasteiger partial charge on any atom is 0.514 e. The summed E-state index contributed by atoms with van der Waals surface area (Å²) in [4.78, 5) is 39.6. The zero-order valence-corrected chi connectivity index (χ0v) is 21.0. The fraction of sp³-hybridized carbons (Fsp3) is 0.276. The molecule has 8 heteroatoms. The van der Waals surface area contributed by atoms with E-state index in [1.807, 2.05) is 60.7 Å². The lowest BCUT2D eigenvalue weighted by molar-refractivity contribution is -0.164. The van der Waals surface area contributed by atoms with Gasteiger partial charge in [0.2, 0.25) is 5.91 Å². The van der Waals surface area contributed by atoms with Gasteiger partial charge in [0.05, 0.1) is 0 Å². The Morgan fingerprint density at radius 3 is 1.86 bits per heavy atom. The van der Waals surface area contributed by atoms with Crippen LogP contribution in [0.1, 0.15) is 49.6 Å². The van der Waals surface area contributed by atoms with E-state index in [4.69, 9.17) is 19.9 Å². The summed E-state index contributed by atoms with van der Waals surface area (Å²) in [6.07, 6.45) is -1.51. The van der Waals surface area contributed by atoms with Gasteiger partial charge in [-0.15, -0.1) is 0 Å². The number of nitrogens with two attached hydrogens (primary N) is 1. The number of esters is 1. The number of β-lactam (4-membered cyclic amide) rings is 1. The first-order valence-electron chi connectivity index (χ1n) is 12.0. The minimum atomic E-state index is -1.02. The second kappa shape index (κ2) is 10.8. The van der Waals surface area contributed by atoms with Gasteiger partial charge in [-0.05, 0) is 49.6 Å². The number of carbonyl (C=O) groups is 3. The van der Waals surface area contributed by atoms with Crippen LogP contribution in [0, 0.1) is 0 Å². The van der Waals surface area contributed by atoms with E-state index in [0.717, 1.165) is 11.1 Å². The van der Waals surface area contributed by atoms with Crippen LogP contribution in [0.15, 0.2) is 84.9 Å². The molecule has 0 aliphatic carbocycles. The fourth-order valence-electron chi connectivity index (χ4n) is 4.01. The van der Waals surface area contributed by atoms with E-state index in [-0.39, 0.29) is 18.2 Å². The number of hydrogen-bond acceptors (Lipinski definition) is 7. The van der Waals surface area contributed by atoms with Crippen LogP contribution in [0.25, 0.3) is 0 Å². The summed E-state index contributed by atoms with van der Waals surface area (Å²) in [6, 6.07) is 23.4. The maximum atomic E-state index is 13.6. The second-order valence-corrected chi connectivity index (χ2v) is 9.77. The van der Waals surface area contributed by atoms with Gasteiger partial charge < -0.3 is 24.8 Å². The van der Waals surface area contributed by atoms with Crippen molar-refractivity contribution in [2.45, 2.75) is 44.6 Å². The molecule has 0 bridgehead atoms. The molecule has 37 heavy (non-hydrogen) atoms. The molecule has 3 aromatic carbocycles. The van der Waals surface area contributed by atoms with Crippen LogP contribution in [0.5, 0.6) is 5.75 Å². The molecule has 1 saturated heterocycles. The van der Waals surface area contributed by atoms with Gasteiger partial charge in [0.1, 0.15) is 17.4 Å². The first kappa shape index (κ1) is 25.9. The van der Waals surface area contributed by atoms with Gasteiger partial charge in [-0.1, -0.05) is 72.8 Å². The molecule has 1 aliphatic heterocycles. The highest BCUT2D eigenvalue weighted by atomic mass is 16.7. The molecular formula is C29H30N2O6. The van der Waals surface area contributed by atoms with Gasteiger partial charge >= 0.3 is 12.1 Å². The number of carbonyl (C=O) groups excluding carboxylic acids is 3. The van der Waals surface area contributed by atoms with Crippen LogP contribution in [0.2, 0.25) is 0 Å². The monoisotopic (exact) mass is 502 g/mol. The Morgan fingerprint density at radius 2 is 1.41 bits per heavy atom. The van der Waals surface area contributed by atoms with Gasteiger partial charge in [-0.25, -0.2) is 9.59 Å². The van der Waals surface area contributed by atoms with Crippen molar-refractivity contribution in [3.8, 4) is 5.75 Å². The van der Waals surface area contributed by atoms with Crippen molar-refractivity contribution in [3.63, 3.8) is 0 Å². The largest absolute Gasteiger partial charge is 0.514 e. The predicted molar refractivity (Wildman–Crippen MR) is 137 cm³/mol. The molecule has 1 amide bonds. The smallest absolute Gasteiger partial charge is 0.451 e. The van der Waals surface area contributed by atoms with E-state index in [1.165, 1.54) is 17.0 Å². The highest BCUT2D eigenvalue weighted by molar-refractivity contribution is 5.93. The lowest BCUT2D eigenvalue weighted by atomic mass is 9.97. The maximum absolute atomic E-state index is 13.6. The molecule has 1 fully saturated rings. The Bertz CT molecular complexity index is 1200. The van der Waals surface area contributed by atoms with Crippen LogP contribution in [-0.2, 0) is 19.1 Å². The average Bonchev–Trinajstić information content (AvgIpc) is 2.87. The average molecular weight is 503 g/mol. The Hall–Kier alpha value is -4.17. The third-order valence-electron chi connectivity index (χ3n) is 5.75. The van der Waals surface area contributed by atoms with Crippen molar-refractivity contribution in [1.82, 2.24) is 4.90 Å². The third kappa shape index (κ3) is 6.34. The van der Waals surface area contributed by atoms with Gasteiger partial charge in [0, 0.05) is 6.54 Å². The first-order valence-corrected chi connectivity index (χ1v) is 12.0. The molecule has 0 aromatic heterocycles. The summed E-state index contributed by atoms with van der Waals surface area (Å²) in [5.74, 6) is -0.700. The van der Waals surface area contributed by atoms with Crippen LogP contribution >= 0.6 is 0 Å². The molecular weight excluding hydrogens is 472 g/mol. The summed E-state index contributed by atoms with van der Waals surface area (Å²) in [7, 11) is 0. The van der Waals surface area contributed by atoms with E-state index in [0.29, 0.717) is 5.56 Å². The van der Waals surface area contributed by atoms with Crippen LogP contribution in [-0.4, -0.2) is 41.1 Å². The highest BCUT2D eigenvalue weighted by Crippen LogP contribution is 2.33. The minimum absolute atomic E-state index is 0.218. The Balaban J connectivity index is 1.59. The van der Waals surface area contributed by atoms with E-state index in [2.05, 4.69) is 0 Å². The van der Waals surface area contributed by atoms with E-state index >= 15 is 0 Å². The summed E-state index contributed by atoms with van der Waals surface area (Å²) in [5.41, 5.74) is 7.23. The number of likely N-dealkylation sites (tertiary alicyclic amines) is 1.